The average molecular weight is 270 g/mol. The second kappa shape index (κ2) is 6.02. The van der Waals surface area contributed by atoms with Gasteiger partial charge in [-0.05, 0) is 37.9 Å². The molecule has 2 N–H and O–H groups in total. The molecule has 1 aromatic rings. The van der Waals surface area contributed by atoms with Crippen molar-refractivity contribution in [3.8, 4) is 0 Å². The number of anilines is 1. The van der Waals surface area contributed by atoms with E-state index in [1.165, 1.54) is 6.07 Å². The first-order valence-electron chi connectivity index (χ1n) is 6.06. The van der Waals surface area contributed by atoms with Gasteiger partial charge < -0.3 is 10.6 Å². The fraction of sp³-hybridized carbons (Fsp3) is 0.500. The third-order valence-corrected chi connectivity index (χ3v) is 3.53. The van der Waals surface area contributed by atoms with Crippen molar-refractivity contribution in [2.75, 3.05) is 25.0 Å². The van der Waals surface area contributed by atoms with Gasteiger partial charge in [0.2, 0.25) is 0 Å². The minimum atomic E-state index is -0.406. The maximum absolute atomic E-state index is 10.9. The summed E-state index contributed by atoms with van der Waals surface area (Å²) >= 11 is 6.01. The highest BCUT2D eigenvalue weighted by molar-refractivity contribution is 6.33. The van der Waals surface area contributed by atoms with Crippen molar-refractivity contribution in [2.45, 2.75) is 12.8 Å². The molecule has 1 aromatic carbocycles. The Morgan fingerprint density at radius 3 is 2.83 bits per heavy atom. The number of benzene rings is 1. The molecule has 0 unspecified atom stereocenters. The van der Waals surface area contributed by atoms with E-state index >= 15 is 0 Å². The number of hydrogen-bond donors (Lipinski definition) is 2. The Morgan fingerprint density at radius 1 is 1.44 bits per heavy atom. The molecule has 0 spiro atoms. The number of hydrogen-bond acceptors (Lipinski definition) is 4. The highest BCUT2D eigenvalue weighted by Crippen LogP contribution is 2.32. The number of nitro groups is 1. The molecule has 2 rings (SSSR count). The maximum atomic E-state index is 10.9. The monoisotopic (exact) mass is 269 g/mol. The minimum Gasteiger partial charge on any atom is -0.378 e. The molecule has 0 aromatic heterocycles. The molecule has 1 saturated heterocycles. The number of nitrogens with zero attached hydrogens (tertiary/aromatic N) is 1. The Morgan fingerprint density at radius 2 is 2.17 bits per heavy atom. The van der Waals surface area contributed by atoms with Crippen LogP contribution in [0.2, 0.25) is 5.02 Å². The molecule has 0 saturated carbocycles. The van der Waals surface area contributed by atoms with E-state index in [0.717, 1.165) is 32.5 Å². The molecule has 1 aliphatic heterocycles. The minimum absolute atomic E-state index is 0.0384. The lowest BCUT2D eigenvalue weighted by Crippen LogP contribution is -2.31. The lowest BCUT2D eigenvalue weighted by atomic mass is 9.98. The molecule has 18 heavy (non-hydrogen) atoms. The first-order valence-corrected chi connectivity index (χ1v) is 6.44. The lowest BCUT2D eigenvalue weighted by molar-refractivity contribution is -0.383. The second-order valence-electron chi connectivity index (χ2n) is 4.47. The molecule has 98 valence electrons. The number of nitro benzene ring substituents is 1. The van der Waals surface area contributed by atoms with Gasteiger partial charge in [-0.2, -0.15) is 0 Å². The molecule has 1 aliphatic rings. The smallest absolute Gasteiger partial charge is 0.293 e. The molecule has 0 aliphatic carbocycles. The number of piperidine rings is 1. The highest BCUT2D eigenvalue weighted by atomic mass is 35.5. The predicted octanol–water partition coefficient (Wildman–Crippen LogP) is 2.66. The second-order valence-corrected chi connectivity index (χ2v) is 4.87. The zero-order valence-electron chi connectivity index (χ0n) is 9.99. The Bertz CT molecular complexity index is 433. The number of para-hydroxylation sites is 1. The SMILES string of the molecule is O=[N+]([O-])c1cccc(Cl)c1NCC1CCNCC1. The van der Waals surface area contributed by atoms with E-state index in [1.54, 1.807) is 12.1 Å². The van der Waals surface area contributed by atoms with Crippen LogP contribution in [0.3, 0.4) is 0 Å². The van der Waals surface area contributed by atoms with Crippen LogP contribution in [0, 0.1) is 16.0 Å². The van der Waals surface area contributed by atoms with Gasteiger partial charge in [0.05, 0.1) is 9.95 Å². The molecule has 6 heteroatoms. The van der Waals surface area contributed by atoms with Crippen molar-refractivity contribution in [3.63, 3.8) is 0 Å². The Balaban J connectivity index is 2.05. The third-order valence-electron chi connectivity index (χ3n) is 3.21. The average Bonchev–Trinajstić information content (AvgIpc) is 2.38. The lowest BCUT2D eigenvalue weighted by Gasteiger charge is -2.23. The van der Waals surface area contributed by atoms with E-state index in [9.17, 15) is 10.1 Å². The molecule has 0 amide bonds. The van der Waals surface area contributed by atoms with E-state index in [-0.39, 0.29) is 5.69 Å². The van der Waals surface area contributed by atoms with Crippen LogP contribution >= 0.6 is 11.6 Å². The number of rotatable bonds is 4. The summed E-state index contributed by atoms with van der Waals surface area (Å²) < 4.78 is 0. The molecule has 0 atom stereocenters. The van der Waals surface area contributed by atoms with Gasteiger partial charge in [-0.15, -0.1) is 0 Å². The molecule has 5 nitrogen and oxygen atoms in total. The summed E-state index contributed by atoms with van der Waals surface area (Å²) in [4.78, 5) is 10.5. The molecule has 1 heterocycles. The molecular formula is C12H16ClN3O2. The van der Waals surface area contributed by atoms with Crippen LogP contribution in [-0.2, 0) is 0 Å². The summed E-state index contributed by atoms with van der Waals surface area (Å²) in [5, 5.41) is 17.7. The standard InChI is InChI=1S/C12H16ClN3O2/c13-10-2-1-3-11(16(17)18)12(10)15-8-9-4-6-14-7-5-9/h1-3,9,14-15H,4-8H2. The van der Waals surface area contributed by atoms with Crippen LogP contribution < -0.4 is 10.6 Å². The normalized spacial score (nSPS) is 16.5. The summed E-state index contributed by atoms with van der Waals surface area (Å²) in [5.41, 5.74) is 0.471. The van der Waals surface area contributed by atoms with Gasteiger partial charge in [0.1, 0.15) is 5.69 Å². The Hall–Kier alpha value is -1.33. The Kier molecular flexibility index (Phi) is 4.38. The Labute approximate surface area is 111 Å². The fourth-order valence-electron chi connectivity index (χ4n) is 2.17. The maximum Gasteiger partial charge on any atom is 0.293 e. The van der Waals surface area contributed by atoms with E-state index < -0.39 is 4.92 Å². The zero-order chi connectivity index (χ0) is 13.0. The number of nitrogens with one attached hydrogen (secondary N) is 2. The third kappa shape index (κ3) is 3.11. The van der Waals surface area contributed by atoms with Crippen LogP contribution in [-0.4, -0.2) is 24.6 Å². The topological polar surface area (TPSA) is 67.2 Å². The predicted molar refractivity (Wildman–Crippen MR) is 72.2 cm³/mol. The van der Waals surface area contributed by atoms with Crippen molar-refractivity contribution < 1.29 is 4.92 Å². The van der Waals surface area contributed by atoms with Gasteiger partial charge in [0, 0.05) is 12.6 Å². The first-order chi connectivity index (χ1) is 8.68. The van der Waals surface area contributed by atoms with Crippen LogP contribution in [0.5, 0.6) is 0 Å². The van der Waals surface area contributed by atoms with E-state index in [2.05, 4.69) is 10.6 Å². The molecule has 0 bridgehead atoms. The summed E-state index contributed by atoms with van der Waals surface area (Å²) in [6.45, 7) is 2.75. The van der Waals surface area contributed by atoms with Gasteiger partial charge in [-0.25, -0.2) is 0 Å². The van der Waals surface area contributed by atoms with Crippen molar-refractivity contribution in [2.24, 2.45) is 5.92 Å². The van der Waals surface area contributed by atoms with E-state index in [4.69, 9.17) is 11.6 Å². The molecule has 1 fully saturated rings. The zero-order valence-corrected chi connectivity index (χ0v) is 10.7. The van der Waals surface area contributed by atoms with Crippen molar-refractivity contribution >= 4 is 23.0 Å². The van der Waals surface area contributed by atoms with Crippen LogP contribution in [0.15, 0.2) is 18.2 Å². The molecule has 0 radical (unpaired) electrons. The van der Waals surface area contributed by atoms with Gasteiger partial charge >= 0.3 is 0 Å². The highest BCUT2D eigenvalue weighted by Gasteiger charge is 2.18. The van der Waals surface area contributed by atoms with Gasteiger partial charge in [-0.1, -0.05) is 17.7 Å². The van der Waals surface area contributed by atoms with E-state index in [1.807, 2.05) is 0 Å². The molecular weight excluding hydrogens is 254 g/mol. The van der Waals surface area contributed by atoms with Crippen molar-refractivity contribution in [1.82, 2.24) is 5.32 Å². The largest absolute Gasteiger partial charge is 0.378 e. The van der Waals surface area contributed by atoms with E-state index in [0.29, 0.717) is 16.6 Å². The summed E-state index contributed by atoms with van der Waals surface area (Å²) in [7, 11) is 0. The van der Waals surface area contributed by atoms with Crippen LogP contribution in [0.4, 0.5) is 11.4 Å². The number of halogens is 1. The summed E-state index contributed by atoms with van der Waals surface area (Å²) in [5.74, 6) is 0.544. The summed E-state index contributed by atoms with van der Waals surface area (Å²) in [6.07, 6.45) is 2.18. The first kappa shape index (κ1) is 13.1. The summed E-state index contributed by atoms with van der Waals surface area (Å²) in [6, 6.07) is 4.73. The van der Waals surface area contributed by atoms with Crippen LogP contribution in [0.1, 0.15) is 12.8 Å². The van der Waals surface area contributed by atoms with Gasteiger partial charge in [0.15, 0.2) is 0 Å². The quantitative estimate of drug-likeness (QED) is 0.651. The van der Waals surface area contributed by atoms with Crippen LogP contribution in [0.25, 0.3) is 0 Å². The van der Waals surface area contributed by atoms with Crippen molar-refractivity contribution in [3.05, 3.63) is 33.3 Å². The van der Waals surface area contributed by atoms with Gasteiger partial charge in [-0.3, -0.25) is 10.1 Å². The van der Waals surface area contributed by atoms with Gasteiger partial charge in [0.25, 0.3) is 5.69 Å². The van der Waals surface area contributed by atoms with Crippen molar-refractivity contribution in [1.29, 1.82) is 0 Å². The fourth-order valence-corrected chi connectivity index (χ4v) is 2.41.